The second kappa shape index (κ2) is 7.31. The van der Waals surface area contributed by atoms with Crippen molar-refractivity contribution in [2.75, 3.05) is 24.7 Å². The first-order valence-corrected chi connectivity index (χ1v) is 11.5. The minimum atomic E-state index is 0.566. The molecule has 1 aromatic carbocycles. The summed E-state index contributed by atoms with van der Waals surface area (Å²) in [5.74, 6) is 0.871. The van der Waals surface area contributed by atoms with Crippen LogP contribution in [0.4, 0.5) is 5.82 Å². The maximum absolute atomic E-state index is 5.70. The van der Waals surface area contributed by atoms with Gasteiger partial charge in [0.2, 0.25) is 0 Å². The van der Waals surface area contributed by atoms with E-state index in [0.29, 0.717) is 13.1 Å². The van der Waals surface area contributed by atoms with Crippen molar-refractivity contribution in [3.05, 3.63) is 41.5 Å². The van der Waals surface area contributed by atoms with Crippen molar-refractivity contribution in [2.45, 2.75) is 24.4 Å². The van der Waals surface area contributed by atoms with Crippen LogP contribution in [0.3, 0.4) is 0 Å². The molecule has 3 N–H and O–H groups in total. The largest absolute Gasteiger partial charge is 0.367 e. The van der Waals surface area contributed by atoms with Gasteiger partial charge in [0.05, 0.1) is 15.9 Å². The zero-order valence-electron chi connectivity index (χ0n) is 15.7. The van der Waals surface area contributed by atoms with Gasteiger partial charge in [-0.3, -0.25) is 0 Å². The molecule has 0 radical (unpaired) electrons. The van der Waals surface area contributed by atoms with Gasteiger partial charge in [-0.25, -0.2) is 15.0 Å². The highest BCUT2D eigenvalue weighted by molar-refractivity contribution is 7.98. The highest BCUT2D eigenvalue weighted by atomic mass is 32.2. The van der Waals surface area contributed by atoms with E-state index in [1.165, 1.54) is 28.5 Å². The molecule has 0 unspecified atom stereocenters. The number of nitrogens with zero attached hydrogens (tertiary/aromatic N) is 3. The molecule has 28 heavy (non-hydrogen) atoms. The number of thiophene rings is 1. The van der Waals surface area contributed by atoms with Crippen molar-refractivity contribution in [3.63, 3.8) is 0 Å². The van der Waals surface area contributed by atoms with E-state index in [4.69, 9.17) is 20.7 Å². The summed E-state index contributed by atoms with van der Waals surface area (Å²) in [6.45, 7) is 1.26. The van der Waals surface area contributed by atoms with Crippen molar-refractivity contribution in [1.29, 1.82) is 0 Å². The summed E-state index contributed by atoms with van der Waals surface area (Å²) in [7, 11) is 0. The zero-order valence-corrected chi connectivity index (χ0v) is 17.3. The fourth-order valence-electron chi connectivity index (χ4n) is 3.98. The topological polar surface area (TPSA) is 76.7 Å². The van der Waals surface area contributed by atoms with Crippen LogP contribution in [0.2, 0.25) is 0 Å². The number of pyridine rings is 1. The molecule has 0 atom stereocenters. The van der Waals surface area contributed by atoms with Gasteiger partial charge in [0.1, 0.15) is 10.6 Å². The van der Waals surface area contributed by atoms with Crippen LogP contribution in [0.15, 0.2) is 35.5 Å². The van der Waals surface area contributed by atoms with Crippen LogP contribution < -0.4 is 11.1 Å². The van der Waals surface area contributed by atoms with E-state index in [-0.39, 0.29) is 0 Å². The average Bonchev–Trinajstić information content (AvgIpc) is 3.36. The minimum Gasteiger partial charge on any atom is -0.367 e. The smallest absolute Gasteiger partial charge is 0.189 e. The molecule has 5 rings (SSSR count). The number of hydrogen-bond acceptors (Lipinski definition) is 7. The quantitative estimate of drug-likeness (QED) is 0.375. The number of aromatic nitrogens is 3. The Balaban J connectivity index is 1.82. The second-order valence-electron chi connectivity index (χ2n) is 6.87. The number of hydrogen-bond donors (Lipinski definition) is 2. The van der Waals surface area contributed by atoms with E-state index in [0.717, 1.165) is 44.6 Å². The molecule has 4 aromatic rings. The molecule has 1 aliphatic carbocycles. The Hall–Kier alpha value is -2.22. The number of aryl methyl sites for hydroxylation is 1. The third-order valence-corrected chi connectivity index (χ3v) is 6.81. The van der Waals surface area contributed by atoms with Crippen LogP contribution in [0.1, 0.15) is 17.5 Å². The van der Waals surface area contributed by atoms with Gasteiger partial charge in [-0.05, 0) is 36.6 Å². The third kappa shape index (κ3) is 2.85. The number of nitrogens with two attached hydrogens (primary N) is 1. The molecule has 5 nitrogen and oxygen atoms in total. The number of nitrogens with one attached hydrogen (secondary N) is 1. The Kier molecular flexibility index (Phi) is 4.66. The molecule has 0 fully saturated rings. The van der Waals surface area contributed by atoms with E-state index in [9.17, 15) is 0 Å². The Morgan fingerprint density at radius 3 is 2.71 bits per heavy atom. The number of thioether (sulfide) groups is 1. The van der Waals surface area contributed by atoms with Crippen LogP contribution >= 0.6 is 23.1 Å². The Morgan fingerprint density at radius 2 is 1.93 bits per heavy atom. The molecule has 0 saturated carbocycles. The maximum atomic E-state index is 5.70. The molecular formula is C21H21N5S2. The predicted octanol–water partition coefficient (Wildman–Crippen LogP) is 4.49. The van der Waals surface area contributed by atoms with Gasteiger partial charge in [0.25, 0.3) is 0 Å². The summed E-state index contributed by atoms with van der Waals surface area (Å²) in [6, 6.07) is 10.5. The van der Waals surface area contributed by atoms with Gasteiger partial charge in [-0.1, -0.05) is 42.1 Å². The van der Waals surface area contributed by atoms with E-state index >= 15 is 0 Å². The Morgan fingerprint density at radius 1 is 1.11 bits per heavy atom. The summed E-state index contributed by atoms with van der Waals surface area (Å²) < 4.78 is 1.08. The van der Waals surface area contributed by atoms with Crippen LogP contribution in [0, 0.1) is 0 Å². The molecule has 0 spiro atoms. The molecule has 3 heterocycles. The normalized spacial score (nSPS) is 13.4. The van der Waals surface area contributed by atoms with Crippen LogP contribution in [0.5, 0.6) is 0 Å². The number of anilines is 1. The van der Waals surface area contributed by atoms with Gasteiger partial charge in [0.15, 0.2) is 5.16 Å². The van der Waals surface area contributed by atoms with Crippen molar-refractivity contribution in [1.82, 2.24) is 15.0 Å². The summed E-state index contributed by atoms with van der Waals surface area (Å²) >= 11 is 3.25. The first-order chi connectivity index (χ1) is 13.8. The van der Waals surface area contributed by atoms with E-state index in [1.807, 2.05) is 6.26 Å². The summed E-state index contributed by atoms with van der Waals surface area (Å²) in [4.78, 5) is 15.8. The zero-order chi connectivity index (χ0) is 19.1. The lowest BCUT2D eigenvalue weighted by molar-refractivity contribution is 0.913. The SMILES string of the molecule is CSc1nc(NCCN)c2sc3nc(-c4ccccc4)c4c(c3c2n1)CCC4. The van der Waals surface area contributed by atoms with Gasteiger partial charge in [-0.15, -0.1) is 11.3 Å². The lowest BCUT2D eigenvalue weighted by atomic mass is 10.0. The van der Waals surface area contributed by atoms with E-state index in [1.54, 1.807) is 23.1 Å². The van der Waals surface area contributed by atoms with Crippen LogP contribution in [0.25, 0.3) is 31.7 Å². The van der Waals surface area contributed by atoms with Gasteiger partial charge in [-0.2, -0.15) is 0 Å². The molecule has 7 heteroatoms. The van der Waals surface area contributed by atoms with Gasteiger partial charge < -0.3 is 11.1 Å². The number of rotatable bonds is 5. The summed E-state index contributed by atoms with van der Waals surface area (Å²) in [5.41, 5.74) is 11.9. The molecule has 142 valence electrons. The van der Waals surface area contributed by atoms with E-state index < -0.39 is 0 Å². The fraction of sp³-hybridized carbons (Fsp3) is 0.286. The van der Waals surface area contributed by atoms with Crippen molar-refractivity contribution in [2.24, 2.45) is 5.73 Å². The maximum Gasteiger partial charge on any atom is 0.189 e. The Labute approximate surface area is 171 Å². The second-order valence-corrected chi connectivity index (χ2v) is 8.64. The van der Waals surface area contributed by atoms with Crippen molar-refractivity contribution in [3.8, 4) is 11.3 Å². The predicted molar refractivity (Wildman–Crippen MR) is 120 cm³/mol. The fourth-order valence-corrected chi connectivity index (χ4v) is 5.46. The standard InChI is InChI=1S/C21H21N5S2/c1-27-21-25-17-15-13-8-5-9-14(13)16(12-6-3-2-4-7-12)24-20(15)28-18(17)19(26-21)23-11-10-22/h2-4,6-7H,5,8-11,22H2,1H3,(H,23,25,26). The molecule has 0 bridgehead atoms. The first kappa shape index (κ1) is 17.8. The average molecular weight is 408 g/mol. The molecule has 1 aliphatic rings. The highest BCUT2D eigenvalue weighted by Gasteiger charge is 2.25. The molecule has 0 saturated heterocycles. The van der Waals surface area contributed by atoms with Crippen LogP contribution in [-0.4, -0.2) is 34.3 Å². The van der Waals surface area contributed by atoms with Crippen molar-refractivity contribution < 1.29 is 0 Å². The van der Waals surface area contributed by atoms with Crippen LogP contribution in [-0.2, 0) is 12.8 Å². The first-order valence-electron chi connectivity index (χ1n) is 9.49. The minimum absolute atomic E-state index is 0.566. The third-order valence-electron chi connectivity index (χ3n) is 5.18. The number of benzene rings is 1. The molecule has 0 amide bonds. The molecule has 3 aromatic heterocycles. The lowest BCUT2D eigenvalue weighted by Crippen LogP contribution is -2.14. The molecular weight excluding hydrogens is 386 g/mol. The Bertz CT molecular complexity index is 1170. The van der Waals surface area contributed by atoms with E-state index in [2.05, 4.69) is 35.6 Å². The summed E-state index contributed by atoms with van der Waals surface area (Å²) in [5, 5.41) is 5.39. The summed E-state index contributed by atoms with van der Waals surface area (Å²) in [6.07, 6.45) is 5.35. The van der Waals surface area contributed by atoms with Gasteiger partial charge >= 0.3 is 0 Å². The van der Waals surface area contributed by atoms with Gasteiger partial charge in [0, 0.05) is 24.0 Å². The van der Waals surface area contributed by atoms with Crippen molar-refractivity contribution >= 4 is 49.3 Å². The highest BCUT2D eigenvalue weighted by Crippen LogP contribution is 2.43. The lowest BCUT2D eigenvalue weighted by Gasteiger charge is -2.10. The monoisotopic (exact) mass is 407 g/mol. The molecule has 0 aliphatic heterocycles. The number of fused-ring (bicyclic) bond motifs is 5.